The number of anilines is 1. The highest BCUT2D eigenvalue weighted by molar-refractivity contribution is 7.99. The van der Waals surface area contributed by atoms with Crippen LogP contribution in [-0.4, -0.2) is 33.5 Å². The quantitative estimate of drug-likeness (QED) is 0.433. The number of benzene rings is 2. The molecule has 9 heteroatoms. The lowest BCUT2D eigenvalue weighted by Crippen LogP contribution is -2.17. The van der Waals surface area contributed by atoms with Crippen LogP contribution in [-0.2, 0) is 11.3 Å². The normalized spacial score (nSPS) is 11.9. The summed E-state index contributed by atoms with van der Waals surface area (Å²) in [7, 11) is 1.61. The van der Waals surface area contributed by atoms with Crippen molar-refractivity contribution in [2.75, 3.05) is 18.2 Å². The number of halogens is 1. The molecule has 1 N–H and O–H groups in total. The predicted molar refractivity (Wildman–Crippen MR) is 123 cm³/mol. The molecule has 0 aliphatic rings. The fourth-order valence-electron chi connectivity index (χ4n) is 3.04. The minimum atomic E-state index is -0.351. The molecule has 0 bridgehead atoms. The molecule has 2 aromatic carbocycles. The monoisotopic (exact) mass is 458 g/mol. The first-order chi connectivity index (χ1) is 15.4. The average Bonchev–Trinajstić information content (AvgIpc) is 3.16. The van der Waals surface area contributed by atoms with Gasteiger partial charge in [0.05, 0.1) is 12.9 Å². The molecule has 1 heterocycles. The third kappa shape index (κ3) is 6.46. The number of hydrogen-bond acceptors (Lipinski definition) is 6. The Labute approximate surface area is 191 Å². The standard InChI is InChI=1S/C23H27FN4O3S/c1-15(2)13-28-22(16(3)31-20-7-5-6-19(12-20)30-4)26-27-23(28)32-14-21(29)25-18-10-8-17(24)9-11-18/h5-12,15-16H,13-14H2,1-4H3,(H,25,29). The Balaban J connectivity index is 1.69. The summed E-state index contributed by atoms with van der Waals surface area (Å²) in [6.07, 6.45) is -0.351. The fraction of sp³-hybridized carbons (Fsp3) is 0.348. The van der Waals surface area contributed by atoms with Gasteiger partial charge in [0.15, 0.2) is 17.1 Å². The summed E-state index contributed by atoms with van der Waals surface area (Å²) in [5.41, 5.74) is 0.543. The van der Waals surface area contributed by atoms with Gasteiger partial charge in [0.1, 0.15) is 17.3 Å². The van der Waals surface area contributed by atoms with Crippen LogP contribution in [0.15, 0.2) is 53.7 Å². The molecule has 170 valence electrons. The van der Waals surface area contributed by atoms with E-state index in [0.717, 1.165) is 0 Å². The lowest BCUT2D eigenvalue weighted by atomic mass is 10.2. The van der Waals surface area contributed by atoms with E-state index in [0.29, 0.717) is 40.6 Å². The van der Waals surface area contributed by atoms with E-state index in [1.54, 1.807) is 7.11 Å². The van der Waals surface area contributed by atoms with Gasteiger partial charge in [-0.05, 0) is 49.2 Å². The number of nitrogens with zero attached hydrogens (tertiary/aromatic N) is 3. The maximum atomic E-state index is 13.0. The van der Waals surface area contributed by atoms with Gasteiger partial charge in [-0.3, -0.25) is 4.79 Å². The molecule has 1 unspecified atom stereocenters. The minimum absolute atomic E-state index is 0.152. The molecule has 0 radical (unpaired) electrons. The second-order valence-electron chi connectivity index (χ2n) is 7.63. The molecule has 0 aliphatic heterocycles. The molecule has 0 spiro atoms. The van der Waals surface area contributed by atoms with Crippen molar-refractivity contribution in [1.82, 2.24) is 14.8 Å². The third-order valence-electron chi connectivity index (χ3n) is 4.47. The zero-order valence-corrected chi connectivity index (χ0v) is 19.4. The van der Waals surface area contributed by atoms with Crippen molar-refractivity contribution >= 4 is 23.4 Å². The van der Waals surface area contributed by atoms with Crippen LogP contribution >= 0.6 is 11.8 Å². The van der Waals surface area contributed by atoms with Gasteiger partial charge in [-0.2, -0.15) is 0 Å². The highest BCUT2D eigenvalue weighted by Gasteiger charge is 2.21. The maximum Gasteiger partial charge on any atom is 0.234 e. The van der Waals surface area contributed by atoms with Crippen LogP contribution in [0.5, 0.6) is 11.5 Å². The van der Waals surface area contributed by atoms with Gasteiger partial charge in [-0.25, -0.2) is 4.39 Å². The molecular formula is C23H27FN4O3S. The first-order valence-corrected chi connectivity index (χ1v) is 11.3. The number of ether oxygens (including phenoxy) is 2. The van der Waals surface area contributed by atoms with E-state index in [9.17, 15) is 9.18 Å². The van der Waals surface area contributed by atoms with Gasteiger partial charge in [-0.1, -0.05) is 31.7 Å². The number of rotatable bonds is 10. The van der Waals surface area contributed by atoms with Crippen LogP contribution in [0.25, 0.3) is 0 Å². The van der Waals surface area contributed by atoms with Crippen LogP contribution in [0.2, 0.25) is 0 Å². The van der Waals surface area contributed by atoms with Crippen molar-refractivity contribution in [3.05, 3.63) is 60.2 Å². The Morgan fingerprint density at radius 3 is 2.53 bits per heavy atom. The van der Waals surface area contributed by atoms with Crippen molar-refractivity contribution in [2.45, 2.75) is 38.6 Å². The highest BCUT2D eigenvalue weighted by atomic mass is 32.2. The van der Waals surface area contributed by atoms with Gasteiger partial charge >= 0.3 is 0 Å². The second-order valence-corrected chi connectivity index (χ2v) is 8.57. The summed E-state index contributed by atoms with van der Waals surface area (Å²) in [5, 5.41) is 12.0. The summed E-state index contributed by atoms with van der Waals surface area (Å²) < 4.78 is 26.3. The first-order valence-electron chi connectivity index (χ1n) is 10.3. The maximum absolute atomic E-state index is 13.0. The molecule has 1 atom stereocenters. The van der Waals surface area contributed by atoms with Crippen LogP contribution in [0, 0.1) is 11.7 Å². The summed E-state index contributed by atoms with van der Waals surface area (Å²) >= 11 is 1.30. The Kier molecular flexibility index (Phi) is 8.10. The second kappa shape index (κ2) is 11.0. The summed E-state index contributed by atoms with van der Waals surface area (Å²) in [5.74, 6) is 2.01. The molecule has 3 rings (SSSR count). The Bertz CT molecular complexity index is 1040. The molecule has 7 nitrogen and oxygen atoms in total. The summed E-state index contributed by atoms with van der Waals surface area (Å²) in [6, 6.07) is 13.0. The molecule has 32 heavy (non-hydrogen) atoms. The van der Waals surface area contributed by atoms with E-state index in [2.05, 4.69) is 29.4 Å². The van der Waals surface area contributed by atoms with Crippen molar-refractivity contribution < 1.29 is 18.7 Å². The predicted octanol–water partition coefficient (Wildman–Crippen LogP) is 4.95. The number of nitrogens with one attached hydrogen (secondary N) is 1. The van der Waals surface area contributed by atoms with Crippen LogP contribution in [0.1, 0.15) is 32.7 Å². The SMILES string of the molecule is COc1cccc(OC(C)c2nnc(SCC(=O)Nc3ccc(F)cc3)n2CC(C)C)c1. The van der Waals surface area contributed by atoms with Crippen LogP contribution in [0.3, 0.4) is 0 Å². The van der Waals surface area contributed by atoms with E-state index in [-0.39, 0.29) is 23.6 Å². The van der Waals surface area contributed by atoms with E-state index in [4.69, 9.17) is 9.47 Å². The summed E-state index contributed by atoms with van der Waals surface area (Å²) in [6.45, 7) is 6.81. The van der Waals surface area contributed by atoms with Crippen LogP contribution < -0.4 is 14.8 Å². The Morgan fingerprint density at radius 2 is 1.84 bits per heavy atom. The number of thioether (sulfide) groups is 1. The highest BCUT2D eigenvalue weighted by Crippen LogP contribution is 2.27. The molecular weight excluding hydrogens is 431 g/mol. The molecule has 3 aromatic rings. The molecule has 0 saturated heterocycles. The molecule has 1 aromatic heterocycles. The lowest BCUT2D eigenvalue weighted by molar-refractivity contribution is -0.113. The van der Waals surface area contributed by atoms with Crippen molar-refractivity contribution in [3.63, 3.8) is 0 Å². The fourth-order valence-corrected chi connectivity index (χ4v) is 3.79. The van der Waals surface area contributed by atoms with Gasteiger partial charge in [0.25, 0.3) is 0 Å². The smallest absolute Gasteiger partial charge is 0.234 e. The number of aromatic nitrogens is 3. The first kappa shape index (κ1) is 23.6. The van der Waals surface area contributed by atoms with E-state index >= 15 is 0 Å². The number of hydrogen-bond donors (Lipinski definition) is 1. The lowest BCUT2D eigenvalue weighted by Gasteiger charge is -2.18. The Hall–Kier alpha value is -3.07. The van der Waals surface area contributed by atoms with Crippen molar-refractivity contribution in [2.24, 2.45) is 5.92 Å². The van der Waals surface area contributed by atoms with Crippen molar-refractivity contribution in [3.8, 4) is 11.5 Å². The van der Waals surface area contributed by atoms with E-state index < -0.39 is 0 Å². The zero-order valence-electron chi connectivity index (χ0n) is 18.5. The van der Waals surface area contributed by atoms with E-state index in [1.807, 2.05) is 35.8 Å². The van der Waals surface area contributed by atoms with Crippen molar-refractivity contribution in [1.29, 1.82) is 0 Å². The van der Waals surface area contributed by atoms with E-state index in [1.165, 1.54) is 36.0 Å². The number of carbonyl (C=O) groups excluding carboxylic acids is 1. The minimum Gasteiger partial charge on any atom is -0.497 e. The number of methoxy groups -OCH3 is 1. The number of carbonyl (C=O) groups is 1. The summed E-state index contributed by atoms with van der Waals surface area (Å²) in [4.78, 5) is 12.3. The van der Waals surface area contributed by atoms with Gasteiger partial charge in [0.2, 0.25) is 5.91 Å². The third-order valence-corrected chi connectivity index (χ3v) is 5.44. The molecule has 0 saturated carbocycles. The van der Waals surface area contributed by atoms with Gasteiger partial charge in [0, 0.05) is 18.3 Å². The van der Waals surface area contributed by atoms with Crippen LogP contribution in [0.4, 0.5) is 10.1 Å². The zero-order chi connectivity index (χ0) is 23.1. The molecule has 0 aliphatic carbocycles. The number of amides is 1. The Morgan fingerprint density at radius 1 is 1.12 bits per heavy atom. The molecule has 0 fully saturated rings. The average molecular weight is 459 g/mol. The molecule has 1 amide bonds. The topological polar surface area (TPSA) is 78.3 Å². The van der Waals surface area contributed by atoms with Gasteiger partial charge in [-0.15, -0.1) is 10.2 Å². The van der Waals surface area contributed by atoms with Gasteiger partial charge < -0.3 is 19.4 Å². The largest absolute Gasteiger partial charge is 0.497 e.